The molecule has 1 aliphatic rings. The molecule has 1 saturated heterocycles. The standard InChI is InChI=1S/C19H23ClN2/c1-19(16-8-10-17(20)11-9-16)14-22(13-18(19)21-2)12-15-6-4-3-5-7-15/h3-11,18,21H,12-14H2,1-2H3/t18-,19+/m1/s1. The lowest BCUT2D eigenvalue weighted by molar-refractivity contribution is 0.309. The molecule has 1 heterocycles. The van der Waals surface area contributed by atoms with E-state index in [0.29, 0.717) is 6.04 Å². The Morgan fingerprint density at radius 1 is 1.14 bits per heavy atom. The summed E-state index contributed by atoms with van der Waals surface area (Å²) in [5.41, 5.74) is 2.83. The molecule has 2 atom stereocenters. The summed E-state index contributed by atoms with van der Waals surface area (Å²) in [5, 5.41) is 4.31. The van der Waals surface area contributed by atoms with E-state index in [4.69, 9.17) is 11.6 Å². The topological polar surface area (TPSA) is 15.3 Å². The minimum Gasteiger partial charge on any atom is -0.315 e. The summed E-state index contributed by atoms with van der Waals surface area (Å²) >= 11 is 6.04. The fourth-order valence-electron chi connectivity index (χ4n) is 3.59. The zero-order valence-electron chi connectivity index (χ0n) is 13.2. The minimum atomic E-state index is 0.105. The van der Waals surface area contributed by atoms with Gasteiger partial charge in [-0.1, -0.05) is 61.0 Å². The molecule has 0 bridgehead atoms. The van der Waals surface area contributed by atoms with E-state index in [1.54, 1.807) is 0 Å². The van der Waals surface area contributed by atoms with Crippen LogP contribution in [0, 0.1) is 0 Å². The van der Waals surface area contributed by atoms with Crippen molar-refractivity contribution < 1.29 is 0 Å². The summed E-state index contributed by atoms with van der Waals surface area (Å²) < 4.78 is 0. The Balaban J connectivity index is 1.81. The van der Waals surface area contributed by atoms with Crippen LogP contribution in [-0.2, 0) is 12.0 Å². The van der Waals surface area contributed by atoms with Gasteiger partial charge in [0.2, 0.25) is 0 Å². The van der Waals surface area contributed by atoms with E-state index >= 15 is 0 Å². The van der Waals surface area contributed by atoms with Gasteiger partial charge < -0.3 is 5.32 Å². The highest BCUT2D eigenvalue weighted by Gasteiger charge is 2.43. The molecule has 2 nitrogen and oxygen atoms in total. The van der Waals surface area contributed by atoms with Gasteiger partial charge in [-0.2, -0.15) is 0 Å². The average molecular weight is 315 g/mol. The molecule has 22 heavy (non-hydrogen) atoms. The van der Waals surface area contributed by atoms with Crippen LogP contribution in [0.2, 0.25) is 5.02 Å². The van der Waals surface area contributed by atoms with Crippen molar-refractivity contribution in [2.45, 2.75) is 24.9 Å². The third kappa shape index (κ3) is 3.05. The predicted molar refractivity (Wildman–Crippen MR) is 93.4 cm³/mol. The van der Waals surface area contributed by atoms with Gasteiger partial charge in [-0.25, -0.2) is 0 Å². The quantitative estimate of drug-likeness (QED) is 0.925. The monoisotopic (exact) mass is 314 g/mol. The van der Waals surface area contributed by atoms with Crippen LogP contribution in [0.4, 0.5) is 0 Å². The molecular weight excluding hydrogens is 292 g/mol. The van der Waals surface area contributed by atoms with Crippen LogP contribution in [0.25, 0.3) is 0 Å². The van der Waals surface area contributed by atoms with E-state index in [1.807, 2.05) is 12.1 Å². The van der Waals surface area contributed by atoms with E-state index in [9.17, 15) is 0 Å². The number of hydrogen-bond donors (Lipinski definition) is 1. The maximum Gasteiger partial charge on any atom is 0.0406 e. The van der Waals surface area contributed by atoms with Crippen molar-refractivity contribution in [2.75, 3.05) is 20.1 Å². The second-order valence-electron chi connectivity index (χ2n) is 6.42. The number of hydrogen-bond acceptors (Lipinski definition) is 2. The first kappa shape index (κ1) is 15.5. The minimum absolute atomic E-state index is 0.105. The molecule has 3 heteroatoms. The molecular formula is C19H23ClN2. The van der Waals surface area contributed by atoms with Crippen molar-refractivity contribution in [3.8, 4) is 0 Å². The molecule has 0 radical (unpaired) electrons. The number of halogens is 1. The number of rotatable bonds is 4. The van der Waals surface area contributed by atoms with Crippen molar-refractivity contribution >= 4 is 11.6 Å². The number of benzene rings is 2. The van der Waals surface area contributed by atoms with Crippen molar-refractivity contribution in [2.24, 2.45) is 0 Å². The van der Waals surface area contributed by atoms with Crippen molar-refractivity contribution in [3.63, 3.8) is 0 Å². The second-order valence-corrected chi connectivity index (χ2v) is 6.86. The van der Waals surface area contributed by atoms with Gasteiger partial charge >= 0.3 is 0 Å². The summed E-state index contributed by atoms with van der Waals surface area (Å²) in [7, 11) is 2.06. The van der Waals surface area contributed by atoms with Crippen molar-refractivity contribution in [1.82, 2.24) is 10.2 Å². The van der Waals surface area contributed by atoms with Crippen LogP contribution >= 0.6 is 11.6 Å². The third-order valence-corrected chi connectivity index (χ3v) is 5.12. The molecule has 0 aliphatic carbocycles. The van der Waals surface area contributed by atoms with Gasteiger partial charge in [0.1, 0.15) is 0 Å². The molecule has 3 rings (SSSR count). The highest BCUT2D eigenvalue weighted by molar-refractivity contribution is 6.30. The highest BCUT2D eigenvalue weighted by Crippen LogP contribution is 2.35. The summed E-state index contributed by atoms with van der Waals surface area (Å²) in [5.74, 6) is 0. The van der Waals surface area contributed by atoms with Crippen LogP contribution in [0.15, 0.2) is 54.6 Å². The van der Waals surface area contributed by atoms with Gasteiger partial charge in [-0.15, -0.1) is 0 Å². The van der Waals surface area contributed by atoms with Gasteiger partial charge in [-0.05, 0) is 30.3 Å². The van der Waals surface area contributed by atoms with Crippen molar-refractivity contribution in [1.29, 1.82) is 0 Å². The van der Waals surface area contributed by atoms with E-state index in [0.717, 1.165) is 24.7 Å². The van der Waals surface area contributed by atoms with Gasteiger partial charge in [0, 0.05) is 36.1 Å². The maximum atomic E-state index is 6.04. The average Bonchev–Trinajstić information content (AvgIpc) is 2.85. The Bertz CT molecular complexity index is 611. The zero-order chi connectivity index (χ0) is 15.6. The second kappa shape index (κ2) is 6.41. The van der Waals surface area contributed by atoms with E-state index in [-0.39, 0.29) is 5.41 Å². The first-order valence-electron chi connectivity index (χ1n) is 7.81. The van der Waals surface area contributed by atoms with Gasteiger partial charge in [0.05, 0.1) is 0 Å². The molecule has 1 N–H and O–H groups in total. The molecule has 116 valence electrons. The summed E-state index contributed by atoms with van der Waals surface area (Å²) in [6.45, 7) is 5.46. The fraction of sp³-hybridized carbons (Fsp3) is 0.368. The van der Waals surface area contributed by atoms with Gasteiger partial charge in [-0.3, -0.25) is 4.90 Å². The Hall–Kier alpha value is -1.35. The largest absolute Gasteiger partial charge is 0.315 e. The number of nitrogens with one attached hydrogen (secondary N) is 1. The van der Waals surface area contributed by atoms with Crippen molar-refractivity contribution in [3.05, 3.63) is 70.7 Å². The number of nitrogens with zero attached hydrogens (tertiary/aromatic N) is 1. The Labute approximate surface area is 138 Å². The lowest BCUT2D eigenvalue weighted by Crippen LogP contribution is -2.43. The molecule has 0 aromatic heterocycles. The van der Waals surface area contributed by atoms with E-state index in [2.05, 4.69) is 66.7 Å². The zero-order valence-corrected chi connectivity index (χ0v) is 14.0. The van der Waals surface area contributed by atoms with Gasteiger partial charge in [0.15, 0.2) is 0 Å². The van der Waals surface area contributed by atoms with E-state index < -0.39 is 0 Å². The first-order valence-corrected chi connectivity index (χ1v) is 8.19. The summed E-state index contributed by atoms with van der Waals surface area (Å²) in [4.78, 5) is 2.53. The first-order chi connectivity index (χ1) is 10.6. The molecule has 2 aromatic rings. The molecule has 2 aromatic carbocycles. The summed E-state index contributed by atoms with van der Waals surface area (Å²) in [6.07, 6.45) is 0. The molecule has 0 unspecified atom stereocenters. The maximum absolute atomic E-state index is 6.04. The predicted octanol–water partition coefficient (Wildman–Crippen LogP) is 3.70. The lowest BCUT2D eigenvalue weighted by Gasteiger charge is -2.31. The smallest absolute Gasteiger partial charge is 0.0406 e. The molecule has 1 aliphatic heterocycles. The molecule has 0 saturated carbocycles. The number of likely N-dealkylation sites (N-methyl/N-ethyl adjacent to an activating group) is 1. The summed E-state index contributed by atoms with van der Waals surface area (Å²) in [6, 6.07) is 19.5. The molecule has 0 amide bonds. The van der Waals surface area contributed by atoms with Crippen LogP contribution in [0.3, 0.4) is 0 Å². The third-order valence-electron chi connectivity index (χ3n) is 4.86. The van der Waals surface area contributed by atoms with Gasteiger partial charge in [0.25, 0.3) is 0 Å². The normalized spacial score (nSPS) is 25.5. The Morgan fingerprint density at radius 2 is 1.82 bits per heavy atom. The Kier molecular flexibility index (Phi) is 4.53. The van der Waals surface area contributed by atoms with E-state index in [1.165, 1.54) is 11.1 Å². The lowest BCUT2D eigenvalue weighted by atomic mass is 9.78. The van der Waals surface area contributed by atoms with Crippen LogP contribution in [0.5, 0.6) is 0 Å². The highest BCUT2D eigenvalue weighted by atomic mass is 35.5. The SMILES string of the molecule is CN[C@@H]1CN(Cc2ccccc2)C[C@@]1(C)c1ccc(Cl)cc1. The fourth-order valence-corrected chi connectivity index (χ4v) is 3.72. The van der Waals surface area contributed by atoms with Crippen LogP contribution in [-0.4, -0.2) is 31.1 Å². The number of likely N-dealkylation sites (tertiary alicyclic amines) is 1. The molecule has 1 fully saturated rings. The van der Waals surface area contributed by atoms with Crippen LogP contribution < -0.4 is 5.32 Å². The van der Waals surface area contributed by atoms with Crippen LogP contribution in [0.1, 0.15) is 18.1 Å². The Morgan fingerprint density at radius 3 is 2.45 bits per heavy atom. The molecule has 0 spiro atoms.